The summed E-state index contributed by atoms with van der Waals surface area (Å²) in [4.78, 5) is 18.5. The highest BCUT2D eigenvalue weighted by atomic mass is 32.1. The number of piperazine rings is 1. The number of amides is 1. The van der Waals surface area contributed by atoms with E-state index in [4.69, 9.17) is 0 Å². The van der Waals surface area contributed by atoms with Gasteiger partial charge in [-0.05, 0) is 22.9 Å². The summed E-state index contributed by atoms with van der Waals surface area (Å²) in [6.07, 6.45) is 0. The molecule has 0 saturated carbocycles. The lowest BCUT2D eigenvalue weighted by Crippen LogP contribution is -2.48. The third-order valence-corrected chi connectivity index (χ3v) is 6.60. The maximum absolute atomic E-state index is 12.4. The van der Waals surface area contributed by atoms with Crippen molar-refractivity contribution in [2.24, 2.45) is 0 Å². The second-order valence-electron chi connectivity index (χ2n) is 5.12. The highest BCUT2D eigenvalue weighted by Crippen LogP contribution is 2.31. The molecule has 5 nitrogen and oxygen atoms in total. The van der Waals surface area contributed by atoms with Gasteiger partial charge in [0, 0.05) is 26.2 Å². The lowest BCUT2D eigenvalue weighted by atomic mass is 10.3. The van der Waals surface area contributed by atoms with Gasteiger partial charge in [-0.25, -0.2) is 0 Å². The van der Waals surface area contributed by atoms with Crippen molar-refractivity contribution in [3.63, 3.8) is 0 Å². The fourth-order valence-electron chi connectivity index (χ4n) is 2.50. The minimum atomic E-state index is 0.135. The van der Waals surface area contributed by atoms with Gasteiger partial charge in [0.15, 0.2) is 5.01 Å². The first-order valence-electron chi connectivity index (χ1n) is 7.26. The lowest BCUT2D eigenvalue weighted by Gasteiger charge is -2.34. The Morgan fingerprint density at radius 1 is 1.00 bits per heavy atom. The van der Waals surface area contributed by atoms with E-state index in [0.29, 0.717) is 0 Å². The minimum Gasteiger partial charge on any atom is -0.343 e. The van der Waals surface area contributed by atoms with Crippen LogP contribution in [0.1, 0.15) is 9.67 Å². The van der Waals surface area contributed by atoms with Gasteiger partial charge in [0.1, 0.15) is 0 Å². The number of carbonyl (C=O) groups excluding carboxylic acids is 1. The lowest BCUT2D eigenvalue weighted by molar-refractivity contribution is 0.0751. The quantitative estimate of drug-likeness (QED) is 0.717. The Kier molecular flexibility index (Phi) is 4.11. The van der Waals surface area contributed by atoms with Gasteiger partial charge in [0.05, 0.1) is 9.75 Å². The van der Waals surface area contributed by atoms with Crippen LogP contribution in [0, 0.1) is 0 Å². The Bertz CT molecular complexity index is 774. The number of hydrogen-bond donors (Lipinski definition) is 0. The van der Waals surface area contributed by atoms with Crippen molar-refractivity contribution in [2.45, 2.75) is 0 Å². The van der Waals surface area contributed by atoms with Crippen LogP contribution in [-0.4, -0.2) is 47.2 Å². The van der Waals surface area contributed by atoms with Crippen molar-refractivity contribution in [3.05, 3.63) is 39.9 Å². The van der Waals surface area contributed by atoms with Crippen LogP contribution < -0.4 is 4.90 Å². The Hall–Kier alpha value is -1.77. The van der Waals surface area contributed by atoms with E-state index in [2.05, 4.69) is 21.2 Å². The van der Waals surface area contributed by atoms with Crippen LogP contribution in [0.25, 0.3) is 9.88 Å². The molecule has 1 fully saturated rings. The first-order chi connectivity index (χ1) is 11.3. The number of carbonyl (C=O) groups is 1. The molecule has 0 spiro atoms. The molecule has 4 rings (SSSR count). The molecule has 3 aromatic rings. The molecule has 3 aromatic heterocycles. The van der Waals surface area contributed by atoms with Crippen LogP contribution in [-0.2, 0) is 0 Å². The molecule has 0 aromatic carbocycles. The highest BCUT2D eigenvalue weighted by molar-refractivity contribution is 7.22. The van der Waals surface area contributed by atoms with Crippen molar-refractivity contribution >= 4 is 45.0 Å². The first-order valence-corrected chi connectivity index (χ1v) is 9.84. The van der Waals surface area contributed by atoms with E-state index in [0.717, 1.165) is 46.1 Å². The summed E-state index contributed by atoms with van der Waals surface area (Å²) < 4.78 is 0. The molecule has 8 heteroatoms. The average molecular weight is 363 g/mol. The smallest absolute Gasteiger partial charge is 0.264 e. The molecule has 23 heavy (non-hydrogen) atoms. The zero-order chi connectivity index (χ0) is 15.6. The van der Waals surface area contributed by atoms with E-state index in [-0.39, 0.29) is 5.91 Å². The first kappa shape index (κ1) is 14.8. The van der Waals surface area contributed by atoms with Crippen molar-refractivity contribution in [1.82, 2.24) is 15.1 Å². The van der Waals surface area contributed by atoms with E-state index in [1.165, 1.54) is 11.3 Å². The van der Waals surface area contributed by atoms with Gasteiger partial charge in [-0.1, -0.05) is 23.5 Å². The number of aromatic nitrogens is 2. The zero-order valence-corrected chi connectivity index (χ0v) is 14.7. The number of thiophene rings is 2. The third-order valence-electron chi connectivity index (χ3n) is 3.72. The molecular formula is C15H14N4OS3. The van der Waals surface area contributed by atoms with Crippen molar-refractivity contribution in [2.75, 3.05) is 31.1 Å². The maximum atomic E-state index is 12.4. The third kappa shape index (κ3) is 3.01. The largest absolute Gasteiger partial charge is 0.343 e. The van der Waals surface area contributed by atoms with Crippen LogP contribution in [0.15, 0.2) is 35.0 Å². The second-order valence-corrected chi connectivity index (χ2v) is 7.97. The van der Waals surface area contributed by atoms with Crippen molar-refractivity contribution in [3.8, 4) is 9.88 Å². The van der Waals surface area contributed by atoms with Gasteiger partial charge < -0.3 is 9.80 Å². The second kappa shape index (κ2) is 6.38. The molecule has 0 bridgehead atoms. The van der Waals surface area contributed by atoms with Gasteiger partial charge in [-0.2, -0.15) is 0 Å². The van der Waals surface area contributed by atoms with Gasteiger partial charge in [0.2, 0.25) is 5.13 Å². The van der Waals surface area contributed by atoms with Crippen molar-refractivity contribution < 1.29 is 4.79 Å². The number of anilines is 1. The number of hydrogen-bond acceptors (Lipinski definition) is 7. The Morgan fingerprint density at radius 3 is 2.48 bits per heavy atom. The Morgan fingerprint density at radius 2 is 1.78 bits per heavy atom. The van der Waals surface area contributed by atoms with E-state index >= 15 is 0 Å². The minimum absolute atomic E-state index is 0.135. The highest BCUT2D eigenvalue weighted by Gasteiger charge is 2.24. The molecule has 1 aliphatic heterocycles. The summed E-state index contributed by atoms with van der Waals surface area (Å²) in [6, 6.07) is 7.89. The molecule has 0 N–H and O–H groups in total. The molecule has 0 atom stereocenters. The molecule has 0 aliphatic carbocycles. The van der Waals surface area contributed by atoms with E-state index < -0.39 is 0 Å². The van der Waals surface area contributed by atoms with E-state index in [1.54, 1.807) is 22.7 Å². The molecule has 1 saturated heterocycles. The molecule has 1 aliphatic rings. The summed E-state index contributed by atoms with van der Waals surface area (Å²) in [5.41, 5.74) is 0. The number of rotatable bonds is 3. The summed E-state index contributed by atoms with van der Waals surface area (Å²) in [6.45, 7) is 3.06. The normalized spacial score (nSPS) is 15.1. The standard InChI is InChI=1S/C15H14N4OS3/c20-14(12-4-2-10-22-12)18-5-7-19(8-6-18)15-17-16-13(23-15)11-3-1-9-21-11/h1-4,9-10H,5-8H2. The van der Waals surface area contributed by atoms with E-state index in [1.807, 2.05) is 33.9 Å². The summed E-state index contributed by atoms with van der Waals surface area (Å²) in [5, 5.41) is 14.5. The molecule has 4 heterocycles. The Labute approximate surface area is 145 Å². The Balaban J connectivity index is 1.41. The molecule has 0 unspecified atom stereocenters. The van der Waals surface area contributed by atoms with Crippen LogP contribution in [0.2, 0.25) is 0 Å². The van der Waals surface area contributed by atoms with Crippen LogP contribution in [0.3, 0.4) is 0 Å². The molecule has 0 radical (unpaired) electrons. The van der Waals surface area contributed by atoms with E-state index in [9.17, 15) is 4.79 Å². The summed E-state index contributed by atoms with van der Waals surface area (Å²) >= 11 is 4.79. The van der Waals surface area contributed by atoms with Gasteiger partial charge in [0.25, 0.3) is 5.91 Å². The summed E-state index contributed by atoms with van der Waals surface area (Å²) in [5.74, 6) is 0.135. The van der Waals surface area contributed by atoms with Crippen LogP contribution in [0.4, 0.5) is 5.13 Å². The monoisotopic (exact) mass is 362 g/mol. The van der Waals surface area contributed by atoms with Crippen molar-refractivity contribution in [1.29, 1.82) is 0 Å². The predicted octanol–water partition coefficient (Wildman–Crippen LogP) is 3.29. The fourth-order valence-corrected chi connectivity index (χ4v) is 4.88. The molecule has 1 amide bonds. The summed E-state index contributed by atoms with van der Waals surface area (Å²) in [7, 11) is 0. The van der Waals surface area contributed by atoms with Gasteiger partial charge in [-0.3, -0.25) is 4.79 Å². The maximum Gasteiger partial charge on any atom is 0.264 e. The fraction of sp³-hybridized carbons (Fsp3) is 0.267. The SMILES string of the molecule is O=C(c1cccs1)N1CCN(c2nnc(-c3cccs3)s2)CC1. The zero-order valence-electron chi connectivity index (χ0n) is 12.2. The van der Waals surface area contributed by atoms with Gasteiger partial charge >= 0.3 is 0 Å². The van der Waals surface area contributed by atoms with Crippen LogP contribution >= 0.6 is 34.0 Å². The molecule has 118 valence electrons. The average Bonchev–Trinajstić information content (AvgIpc) is 3.36. The predicted molar refractivity (Wildman–Crippen MR) is 95.7 cm³/mol. The van der Waals surface area contributed by atoms with Crippen LogP contribution in [0.5, 0.6) is 0 Å². The topological polar surface area (TPSA) is 49.3 Å². The number of nitrogens with zero attached hydrogens (tertiary/aromatic N) is 4. The van der Waals surface area contributed by atoms with Gasteiger partial charge in [-0.15, -0.1) is 32.9 Å². The molecular weight excluding hydrogens is 348 g/mol.